The lowest BCUT2D eigenvalue weighted by Gasteiger charge is -2.26. The molecule has 2 N–H and O–H groups in total. The fraction of sp³-hybridized carbons (Fsp3) is 0.750. The van der Waals surface area contributed by atoms with E-state index in [9.17, 15) is 4.79 Å². The second-order valence-corrected chi connectivity index (χ2v) is 4.33. The standard InChI is InChI=1S/C12H24N2O2/c1-6-8-13-11(15)10(3)14-9-12(4,5)16-7-2/h6,10,14H,1,7-9H2,2-5H3,(H,13,15). The molecule has 0 aliphatic carbocycles. The molecule has 0 rings (SSSR count). The molecular formula is C12H24N2O2. The largest absolute Gasteiger partial charge is 0.375 e. The fourth-order valence-corrected chi connectivity index (χ4v) is 1.26. The summed E-state index contributed by atoms with van der Waals surface area (Å²) >= 11 is 0. The smallest absolute Gasteiger partial charge is 0.237 e. The Hall–Kier alpha value is -0.870. The highest BCUT2D eigenvalue weighted by atomic mass is 16.5. The van der Waals surface area contributed by atoms with Crippen LogP contribution in [-0.4, -0.2) is 37.2 Å². The molecule has 94 valence electrons. The third kappa shape index (κ3) is 6.58. The van der Waals surface area contributed by atoms with Crippen LogP contribution in [0.15, 0.2) is 12.7 Å². The molecule has 0 bridgehead atoms. The third-order valence-corrected chi connectivity index (χ3v) is 2.18. The van der Waals surface area contributed by atoms with Crippen molar-refractivity contribution in [1.29, 1.82) is 0 Å². The molecule has 0 radical (unpaired) electrons. The van der Waals surface area contributed by atoms with E-state index in [1.54, 1.807) is 6.08 Å². The van der Waals surface area contributed by atoms with Crippen molar-refractivity contribution in [3.05, 3.63) is 12.7 Å². The van der Waals surface area contributed by atoms with Crippen molar-refractivity contribution in [1.82, 2.24) is 10.6 Å². The molecule has 0 spiro atoms. The minimum Gasteiger partial charge on any atom is -0.375 e. The van der Waals surface area contributed by atoms with Crippen molar-refractivity contribution in [2.75, 3.05) is 19.7 Å². The molecule has 4 nitrogen and oxygen atoms in total. The number of carbonyl (C=O) groups excluding carboxylic acids is 1. The van der Waals surface area contributed by atoms with Crippen molar-refractivity contribution in [3.63, 3.8) is 0 Å². The van der Waals surface area contributed by atoms with Gasteiger partial charge in [0.15, 0.2) is 0 Å². The molecule has 0 aromatic heterocycles. The van der Waals surface area contributed by atoms with Gasteiger partial charge in [0.25, 0.3) is 0 Å². The Balaban J connectivity index is 3.91. The highest BCUT2D eigenvalue weighted by Crippen LogP contribution is 2.07. The number of ether oxygens (including phenoxy) is 1. The lowest BCUT2D eigenvalue weighted by atomic mass is 10.1. The second kappa shape index (κ2) is 7.41. The Bertz CT molecular complexity index is 227. The van der Waals surface area contributed by atoms with Gasteiger partial charge in [-0.1, -0.05) is 6.08 Å². The van der Waals surface area contributed by atoms with Crippen LogP contribution < -0.4 is 10.6 Å². The van der Waals surface area contributed by atoms with E-state index >= 15 is 0 Å². The molecule has 4 heteroatoms. The summed E-state index contributed by atoms with van der Waals surface area (Å²) in [5.41, 5.74) is -0.248. The summed E-state index contributed by atoms with van der Waals surface area (Å²) in [6.45, 7) is 13.2. The lowest BCUT2D eigenvalue weighted by molar-refractivity contribution is -0.122. The van der Waals surface area contributed by atoms with Gasteiger partial charge in [-0.15, -0.1) is 6.58 Å². The molecular weight excluding hydrogens is 204 g/mol. The maximum Gasteiger partial charge on any atom is 0.237 e. The Morgan fingerprint density at radius 3 is 2.69 bits per heavy atom. The Labute approximate surface area is 98.4 Å². The third-order valence-electron chi connectivity index (χ3n) is 2.18. The van der Waals surface area contributed by atoms with Crippen LogP contribution in [0.2, 0.25) is 0 Å². The van der Waals surface area contributed by atoms with Crippen molar-refractivity contribution in [2.45, 2.75) is 39.3 Å². The van der Waals surface area contributed by atoms with E-state index in [2.05, 4.69) is 17.2 Å². The maximum atomic E-state index is 11.5. The zero-order chi connectivity index (χ0) is 12.6. The number of amides is 1. The monoisotopic (exact) mass is 228 g/mol. The second-order valence-electron chi connectivity index (χ2n) is 4.33. The first-order valence-electron chi connectivity index (χ1n) is 5.69. The van der Waals surface area contributed by atoms with Gasteiger partial charge in [0.05, 0.1) is 11.6 Å². The minimum absolute atomic E-state index is 0.0211. The van der Waals surface area contributed by atoms with E-state index < -0.39 is 0 Å². The number of hydrogen-bond acceptors (Lipinski definition) is 3. The minimum atomic E-state index is -0.248. The van der Waals surface area contributed by atoms with Crippen LogP contribution in [0.4, 0.5) is 0 Å². The highest BCUT2D eigenvalue weighted by Gasteiger charge is 2.20. The van der Waals surface area contributed by atoms with Gasteiger partial charge < -0.3 is 15.4 Å². The Kier molecular flexibility index (Phi) is 7.01. The average molecular weight is 228 g/mol. The van der Waals surface area contributed by atoms with E-state index in [0.717, 1.165) is 0 Å². The van der Waals surface area contributed by atoms with Crippen LogP contribution in [-0.2, 0) is 9.53 Å². The van der Waals surface area contributed by atoms with Crippen LogP contribution in [0.25, 0.3) is 0 Å². The first-order valence-corrected chi connectivity index (χ1v) is 5.69. The predicted octanol–water partition coefficient (Wildman–Crippen LogP) is 1.08. The molecule has 1 atom stereocenters. The van der Waals surface area contributed by atoms with Gasteiger partial charge in [-0.25, -0.2) is 0 Å². The van der Waals surface area contributed by atoms with Gasteiger partial charge in [-0.05, 0) is 27.7 Å². The van der Waals surface area contributed by atoms with E-state index in [0.29, 0.717) is 19.7 Å². The quantitative estimate of drug-likeness (QED) is 0.611. The highest BCUT2D eigenvalue weighted by molar-refractivity contribution is 5.81. The van der Waals surface area contributed by atoms with Crippen molar-refractivity contribution in [2.24, 2.45) is 0 Å². The molecule has 1 unspecified atom stereocenters. The number of nitrogens with one attached hydrogen (secondary N) is 2. The summed E-state index contributed by atoms with van der Waals surface area (Å²) < 4.78 is 5.53. The van der Waals surface area contributed by atoms with Crippen LogP contribution >= 0.6 is 0 Å². The van der Waals surface area contributed by atoms with E-state index in [-0.39, 0.29) is 17.6 Å². The molecule has 0 aromatic rings. The van der Waals surface area contributed by atoms with Crippen LogP contribution in [0.1, 0.15) is 27.7 Å². The summed E-state index contributed by atoms with van der Waals surface area (Å²) in [7, 11) is 0. The van der Waals surface area contributed by atoms with E-state index in [4.69, 9.17) is 4.74 Å². The topological polar surface area (TPSA) is 50.4 Å². The van der Waals surface area contributed by atoms with Gasteiger partial charge in [0.2, 0.25) is 5.91 Å². The normalized spacial score (nSPS) is 13.2. The zero-order valence-corrected chi connectivity index (χ0v) is 10.8. The van der Waals surface area contributed by atoms with Crippen LogP contribution in [0.3, 0.4) is 0 Å². The molecule has 0 saturated heterocycles. The SMILES string of the molecule is C=CCNC(=O)C(C)NCC(C)(C)OCC. The first-order chi connectivity index (χ1) is 7.43. The average Bonchev–Trinajstić information content (AvgIpc) is 2.22. The summed E-state index contributed by atoms with van der Waals surface area (Å²) in [6, 6.07) is -0.223. The Morgan fingerprint density at radius 2 is 2.19 bits per heavy atom. The van der Waals surface area contributed by atoms with Gasteiger partial charge >= 0.3 is 0 Å². The molecule has 0 aliphatic rings. The van der Waals surface area contributed by atoms with Crippen LogP contribution in [0.5, 0.6) is 0 Å². The summed E-state index contributed by atoms with van der Waals surface area (Å²) in [5.74, 6) is -0.0211. The molecule has 1 amide bonds. The van der Waals surface area contributed by atoms with Gasteiger partial charge in [-0.3, -0.25) is 4.79 Å². The van der Waals surface area contributed by atoms with Crippen molar-refractivity contribution in [3.8, 4) is 0 Å². The van der Waals surface area contributed by atoms with Gasteiger partial charge in [0, 0.05) is 19.7 Å². The van der Waals surface area contributed by atoms with Crippen molar-refractivity contribution < 1.29 is 9.53 Å². The molecule has 0 heterocycles. The number of rotatable bonds is 8. The van der Waals surface area contributed by atoms with Crippen molar-refractivity contribution >= 4 is 5.91 Å². The van der Waals surface area contributed by atoms with Gasteiger partial charge in [0.1, 0.15) is 0 Å². The molecule has 0 aromatic carbocycles. The number of carbonyl (C=O) groups is 1. The van der Waals surface area contributed by atoms with E-state index in [1.807, 2.05) is 27.7 Å². The summed E-state index contributed by atoms with van der Waals surface area (Å²) in [5, 5.41) is 5.89. The number of hydrogen-bond donors (Lipinski definition) is 2. The van der Waals surface area contributed by atoms with Crippen LogP contribution in [0, 0.1) is 0 Å². The summed E-state index contributed by atoms with van der Waals surface area (Å²) in [4.78, 5) is 11.5. The fourth-order valence-electron chi connectivity index (χ4n) is 1.26. The maximum absolute atomic E-state index is 11.5. The Morgan fingerprint density at radius 1 is 1.56 bits per heavy atom. The van der Waals surface area contributed by atoms with E-state index in [1.165, 1.54) is 0 Å². The summed E-state index contributed by atoms with van der Waals surface area (Å²) in [6.07, 6.45) is 1.66. The molecule has 0 saturated carbocycles. The lowest BCUT2D eigenvalue weighted by Crippen LogP contribution is -2.48. The predicted molar refractivity (Wildman–Crippen MR) is 66.4 cm³/mol. The van der Waals surface area contributed by atoms with Gasteiger partial charge in [-0.2, -0.15) is 0 Å². The molecule has 0 fully saturated rings. The molecule has 0 aliphatic heterocycles. The molecule has 16 heavy (non-hydrogen) atoms. The zero-order valence-electron chi connectivity index (χ0n) is 10.8. The first kappa shape index (κ1) is 15.1.